The molecule has 126 valence electrons. The number of nitrogens with zero attached hydrogens (tertiary/aromatic N) is 1. The number of aliphatic carboxylic acids is 1. The molecular formula is C16H21ClN2O4. The molecule has 7 heteroatoms. The largest absolute Gasteiger partial charge is 0.480 e. The van der Waals surface area contributed by atoms with Crippen molar-refractivity contribution >= 4 is 23.7 Å². The zero-order valence-corrected chi connectivity index (χ0v) is 14.1. The number of amides is 1. The number of carboxylic acid groups (broad SMARTS) is 1. The lowest BCUT2D eigenvalue weighted by Crippen LogP contribution is -2.61. The van der Waals surface area contributed by atoms with E-state index in [0.717, 1.165) is 0 Å². The van der Waals surface area contributed by atoms with E-state index in [2.05, 4.69) is 5.32 Å². The number of nitrogens with one attached hydrogen (secondary N) is 1. The third-order valence-corrected chi connectivity index (χ3v) is 3.63. The van der Waals surface area contributed by atoms with E-state index in [1.165, 1.54) is 0 Å². The average molecular weight is 341 g/mol. The molecule has 0 spiro atoms. The minimum absolute atomic E-state index is 0.120. The molecule has 1 amide bonds. The normalized spacial score (nSPS) is 17.2. The quantitative estimate of drug-likeness (QED) is 0.881. The van der Waals surface area contributed by atoms with Gasteiger partial charge in [-0.1, -0.05) is 23.7 Å². The number of alkyl carbamates (subject to hydrolysis) is 1. The second-order valence-corrected chi connectivity index (χ2v) is 7.03. The summed E-state index contributed by atoms with van der Waals surface area (Å²) >= 11 is 5.93. The van der Waals surface area contributed by atoms with E-state index < -0.39 is 23.7 Å². The highest BCUT2D eigenvalue weighted by molar-refractivity contribution is 6.30. The highest BCUT2D eigenvalue weighted by atomic mass is 35.5. The van der Waals surface area contributed by atoms with E-state index >= 15 is 0 Å². The van der Waals surface area contributed by atoms with Gasteiger partial charge in [-0.2, -0.15) is 0 Å². The molecule has 0 radical (unpaired) electrons. The molecule has 0 aliphatic carbocycles. The highest BCUT2D eigenvalue weighted by Gasteiger charge is 2.38. The minimum Gasteiger partial charge on any atom is -0.480 e. The summed E-state index contributed by atoms with van der Waals surface area (Å²) in [5.74, 6) is -0.942. The SMILES string of the molecule is CC(C)(C)OC(=O)NC1CN([C@@H](C(=O)O)c2cccc(Cl)c2)C1. The number of likely N-dealkylation sites (tertiary alicyclic amines) is 1. The van der Waals surface area contributed by atoms with Gasteiger partial charge >= 0.3 is 12.1 Å². The Labute approximate surface area is 140 Å². The first kappa shape index (κ1) is 17.6. The number of benzene rings is 1. The molecule has 0 unspecified atom stereocenters. The molecule has 0 aromatic heterocycles. The Morgan fingerprint density at radius 3 is 2.57 bits per heavy atom. The Kier molecular flexibility index (Phi) is 5.16. The van der Waals surface area contributed by atoms with Gasteiger partial charge in [0.25, 0.3) is 0 Å². The zero-order chi connectivity index (χ0) is 17.2. The molecule has 1 aromatic carbocycles. The smallest absolute Gasteiger partial charge is 0.407 e. The first-order valence-electron chi connectivity index (χ1n) is 7.37. The number of carbonyl (C=O) groups is 2. The number of ether oxygens (including phenoxy) is 1. The van der Waals surface area contributed by atoms with Crippen molar-refractivity contribution in [1.82, 2.24) is 10.2 Å². The second kappa shape index (κ2) is 6.76. The van der Waals surface area contributed by atoms with Crippen molar-refractivity contribution in [2.24, 2.45) is 0 Å². The Bertz CT molecular complexity index is 594. The predicted molar refractivity (Wildman–Crippen MR) is 86.6 cm³/mol. The van der Waals surface area contributed by atoms with E-state index in [-0.39, 0.29) is 6.04 Å². The van der Waals surface area contributed by atoms with Crippen LogP contribution in [0.3, 0.4) is 0 Å². The fraction of sp³-hybridized carbons (Fsp3) is 0.500. The zero-order valence-electron chi connectivity index (χ0n) is 13.4. The summed E-state index contributed by atoms with van der Waals surface area (Å²) < 4.78 is 5.19. The van der Waals surface area contributed by atoms with E-state index in [4.69, 9.17) is 16.3 Å². The van der Waals surface area contributed by atoms with Crippen molar-refractivity contribution in [3.8, 4) is 0 Å². The van der Waals surface area contributed by atoms with Crippen LogP contribution in [0.5, 0.6) is 0 Å². The maximum absolute atomic E-state index is 11.7. The molecule has 6 nitrogen and oxygen atoms in total. The number of hydrogen-bond acceptors (Lipinski definition) is 4. The summed E-state index contributed by atoms with van der Waals surface area (Å²) in [4.78, 5) is 25.0. The molecular weight excluding hydrogens is 320 g/mol. The monoisotopic (exact) mass is 340 g/mol. The lowest BCUT2D eigenvalue weighted by atomic mass is 9.99. The van der Waals surface area contributed by atoms with Crippen LogP contribution in [0.2, 0.25) is 5.02 Å². The summed E-state index contributed by atoms with van der Waals surface area (Å²) in [6, 6.07) is 5.92. The molecule has 1 saturated heterocycles. The van der Waals surface area contributed by atoms with Crippen LogP contribution in [0, 0.1) is 0 Å². The van der Waals surface area contributed by atoms with Crippen LogP contribution in [0.4, 0.5) is 4.79 Å². The van der Waals surface area contributed by atoms with E-state index in [1.54, 1.807) is 49.9 Å². The molecule has 1 fully saturated rings. The van der Waals surface area contributed by atoms with Crippen molar-refractivity contribution in [2.45, 2.75) is 38.5 Å². The fourth-order valence-electron chi connectivity index (χ4n) is 2.48. The standard InChI is InChI=1S/C16H21ClN2O4/c1-16(2,3)23-15(22)18-12-8-19(9-12)13(14(20)21)10-5-4-6-11(17)7-10/h4-7,12-13H,8-9H2,1-3H3,(H,18,22)(H,20,21)/t13-/m1/s1. The molecule has 1 aromatic rings. The number of carboxylic acids is 1. The summed E-state index contributed by atoms with van der Waals surface area (Å²) in [5, 5.41) is 12.7. The van der Waals surface area contributed by atoms with Crippen molar-refractivity contribution in [3.05, 3.63) is 34.9 Å². The lowest BCUT2D eigenvalue weighted by molar-refractivity contribution is -0.145. The Balaban J connectivity index is 1.93. The van der Waals surface area contributed by atoms with Crippen molar-refractivity contribution < 1.29 is 19.4 Å². The van der Waals surface area contributed by atoms with Crippen LogP contribution in [-0.2, 0) is 9.53 Å². The highest BCUT2D eigenvalue weighted by Crippen LogP contribution is 2.28. The maximum Gasteiger partial charge on any atom is 0.407 e. The molecule has 0 bridgehead atoms. The van der Waals surface area contributed by atoms with Gasteiger partial charge in [0.1, 0.15) is 11.6 Å². The third-order valence-electron chi connectivity index (χ3n) is 3.39. The number of halogens is 1. The molecule has 0 saturated carbocycles. The number of hydrogen-bond donors (Lipinski definition) is 2. The van der Waals surface area contributed by atoms with Gasteiger partial charge in [0, 0.05) is 18.1 Å². The van der Waals surface area contributed by atoms with Crippen molar-refractivity contribution in [1.29, 1.82) is 0 Å². The minimum atomic E-state index is -0.942. The van der Waals surface area contributed by atoms with Crippen molar-refractivity contribution in [2.75, 3.05) is 13.1 Å². The fourth-order valence-corrected chi connectivity index (χ4v) is 2.67. The topological polar surface area (TPSA) is 78.9 Å². The summed E-state index contributed by atoms with van der Waals surface area (Å²) in [6.45, 7) is 6.27. The van der Waals surface area contributed by atoms with Gasteiger partial charge in [0.15, 0.2) is 0 Å². The first-order chi connectivity index (χ1) is 10.7. The molecule has 2 N–H and O–H groups in total. The molecule has 1 atom stereocenters. The van der Waals surface area contributed by atoms with Gasteiger partial charge in [-0.3, -0.25) is 9.69 Å². The summed E-state index contributed by atoms with van der Waals surface area (Å²) in [7, 11) is 0. The number of rotatable bonds is 4. The molecule has 23 heavy (non-hydrogen) atoms. The van der Waals surface area contributed by atoms with E-state index in [9.17, 15) is 14.7 Å². The van der Waals surface area contributed by atoms with E-state index in [1.807, 2.05) is 0 Å². The van der Waals surface area contributed by atoms with Crippen LogP contribution in [0.25, 0.3) is 0 Å². The second-order valence-electron chi connectivity index (χ2n) is 6.59. The van der Waals surface area contributed by atoms with Crippen LogP contribution in [0.15, 0.2) is 24.3 Å². The molecule has 1 aliphatic heterocycles. The summed E-state index contributed by atoms with van der Waals surface area (Å²) in [6.07, 6.45) is -0.489. The molecule has 1 heterocycles. The van der Waals surface area contributed by atoms with Crippen molar-refractivity contribution in [3.63, 3.8) is 0 Å². The Morgan fingerprint density at radius 1 is 1.39 bits per heavy atom. The Hall–Kier alpha value is -1.79. The van der Waals surface area contributed by atoms with Crippen LogP contribution >= 0.6 is 11.6 Å². The van der Waals surface area contributed by atoms with Crippen LogP contribution in [0.1, 0.15) is 32.4 Å². The van der Waals surface area contributed by atoms with Gasteiger partial charge in [0.05, 0.1) is 6.04 Å². The van der Waals surface area contributed by atoms with Gasteiger partial charge in [0.2, 0.25) is 0 Å². The average Bonchev–Trinajstić information content (AvgIpc) is 2.33. The number of carbonyl (C=O) groups excluding carboxylic acids is 1. The van der Waals surface area contributed by atoms with Gasteiger partial charge in [-0.05, 0) is 38.5 Å². The lowest BCUT2D eigenvalue weighted by Gasteiger charge is -2.43. The molecule has 1 aliphatic rings. The third kappa shape index (κ3) is 4.84. The van der Waals surface area contributed by atoms with E-state index in [0.29, 0.717) is 23.7 Å². The Morgan fingerprint density at radius 2 is 2.04 bits per heavy atom. The van der Waals surface area contributed by atoms with Gasteiger partial charge < -0.3 is 15.2 Å². The van der Waals surface area contributed by atoms with Gasteiger partial charge in [-0.15, -0.1) is 0 Å². The molecule has 2 rings (SSSR count). The first-order valence-corrected chi connectivity index (χ1v) is 7.75. The summed E-state index contributed by atoms with van der Waals surface area (Å²) in [5.41, 5.74) is 0.0680. The maximum atomic E-state index is 11.7. The predicted octanol–water partition coefficient (Wildman–Crippen LogP) is 2.67. The van der Waals surface area contributed by atoms with Crippen LogP contribution in [-0.4, -0.2) is 46.8 Å². The van der Waals surface area contributed by atoms with Crippen LogP contribution < -0.4 is 5.32 Å². The van der Waals surface area contributed by atoms with Gasteiger partial charge in [-0.25, -0.2) is 4.79 Å².